The first-order chi connectivity index (χ1) is 9.70. The van der Waals surface area contributed by atoms with Crippen LogP contribution in [0.2, 0.25) is 0 Å². The van der Waals surface area contributed by atoms with Crippen molar-refractivity contribution in [2.75, 3.05) is 13.1 Å². The van der Waals surface area contributed by atoms with Crippen LogP contribution in [0.15, 0.2) is 0 Å². The normalized spacial score (nSPS) is 12.3. The molecule has 0 aromatic rings. The zero-order valence-electron chi connectivity index (χ0n) is 14.7. The van der Waals surface area contributed by atoms with E-state index >= 15 is 0 Å². The highest BCUT2D eigenvalue weighted by molar-refractivity contribution is 5.89. The van der Waals surface area contributed by atoms with Crippen LogP contribution in [0, 0.1) is 10.8 Å². The first-order valence-corrected chi connectivity index (χ1v) is 8.16. The lowest BCUT2D eigenvalue weighted by Gasteiger charge is -2.28. The van der Waals surface area contributed by atoms with E-state index in [1.807, 2.05) is 13.8 Å². The molecule has 0 spiro atoms. The quantitative estimate of drug-likeness (QED) is 0.521. The van der Waals surface area contributed by atoms with Crippen LogP contribution in [0.4, 0.5) is 0 Å². The summed E-state index contributed by atoms with van der Waals surface area (Å²) in [6.45, 7) is 13.1. The second kappa shape index (κ2) is 9.19. The molecule has 0 rings (SSSR count). The molecule has 0 aliphatic rings. The number of carbonyl (C=O) groups excluding carboxylic acids is 2. The molecule has 0 unspecified atom stereocenters. The van der Waals surface area contributed by atoms with E-state index in [0.29, 0.717) is 19.4 Å². The average molecular weight is 299 g/mol. The van der Waals surface area contributed by atoms with Gasteiger partial charge in [0.1, 0.15) is 0 Å². The molecular formula is C17H33NO3. The summed E-state index contributed by atoms with van der Waals surface area (Å²) in [6.07, 6.45) is 4.23. The molecule has 0 amide bonds. The minimum absolute atomic E-state index is 0.0836. The summed E-state index contributed by atoms with van der Waals surface area (Å²) >= 11 is 0. The lowest BCUT2D eigenvalue weighted by molar-refractivity contribution is -0.167. The van der Waals surface area contributed by atoms with E-state index in [1.165, 1.54) is 0 Å². The van der Waals surface area contributed by atoms with Crippen molar-refractivity contribution >= 4 is 11.9 Å². The van der Waals surface area contributed by atoms with Gasteiger partial charge < -0.3 is 10.1 Å². The summed E-state index contributed by atoms with van der Waals surface area (Å²) in [7, 11) is 0. The lowest BCUT2D eigenvalue weighted by atomic mass is 9.78. The van der Waals surface area contributed by atoms with E-state index in [-0.39, 0.29) is 17.9 Å². The average Bonchev–Trinajstić information content (AvgIpc) is 2.39. The number of unbranched alkanes of at least 4 members (excludes halogenated alkanes) is 1. The first-order valence-electron chi connectivity index (χ1n) is 8.16. The van der Waals surface area contributed by atoms with Gasteiger partial charge in [-0.3, -0.25) is 9.59 Å². The van der Waals surface area contributed by atoms with E-state index in [0.717, 1.165) is 19.3 Å². The molecule has 0 aliphatic heterocycles. The maximum atomic E-state index is 12.3. The van der Waals surface area contributed by atoms with Crippen LogP contribution in [0.5, 0.6) is 0 Å². The van der Waals surface area contributed by atoms with Crippen LogP contribution in [-0.2, 0) is 14.3 Å². The molecule has 21 heavy (non-hydrogen) atoms. The maximum Gasteiger partial charge on any atom is 0.327 e. The Balaban J connectivity index is 4.44. The van der Waals surface area contributed by atoms with Crippen molar-refractivity contribution in [2.45, 2.75) is 73.6 Å². The Kier molecular flexibility index (Phi) is 8.79. The Hall–Kier alpha value is -0.900. The van der Waals surface area contributed by atoms with Crippen LogP contribution < -0.4 is 5.32 Å². The number of nitrogens with one attached hydrogen (secondary N) is 1. The predicted octanol–water partition coefficient (Wildman–Crippen LogP) is 3.69. The van der Waals surface area contributed by atoms with Gasteiger partial charge in [0.25, 0.3) is 0 Å². The summed E-state index contributed by atoms with van der Waals surface area (Å²) in [6, 6.07) is 0. The van der Waals surface area contributed by atoms with Crippen LogP contribution in [0.1, 0.15) is 73.6 Å². The van der Waals surface area contributed by atoms with E-state index in [9.17, 15) is 9.59 Å². The van der Waals surface area contributed by atoms with Gasteiger partial charge in [-0.2, -0.15) is 0 Å². The van der Waals surface area contributed by atoms with E-state index in [2.05, 4.69) is 33.0 Å². The van der Waals surface area contributed by atoms with Crippen molar-refractivity contribution in [3.05, 3.63) is 0 Å². The summed E-state index contributed by atoms with van der Waals surface area (Å²) in [5, 5.41) is 3.03. The summed E-state index contributed by atoms with van der Waals surface area (Å²) < 4.78 is 5.07. The summed E-state index contributed by atoms with van der Waals surface area (Å²) in [4.78, 5) is 24.1. The van der Waals surface area contributed by atoms with Crippen LogP contribution in [0.25, 0.3) is 0 Å². The fourth-order valence-corrected chi connectivity index (χ4v) is 2.30. The Morgan fingerprint density at radius 3 is 2.05 bits per heavy atom. The van der Waals surface area contributed by atoms with E-state index < -0.39 is 11.4 Å². The van der Waals surface area contributed by atoms with Gasteiger partial charge in [0.05, 0.1) is 12.0 Å². The summed E-state index contributed by atoms with van der Waals surface area (Å²) in [5.41, 5.74) is -0.405. The molecule has 124 valence electrons. The number of carbonyl (C=O) groups is 2. The molecule has 0 aromatic carbocycles. The number of rotatable bonds is 9. The van der Waals surface area contributed by atoms with Gasteiger partial charge in [-0.15, -0.1) is 0 Å². The highest BCUT2D eigenvalue weighted by Crippen LogP contribution is 2.34. The minimum atomic E-state index is -0.504. The van der Waals surface area contributed by atoms with Crippen molar-refractivity contribution in [3.63, 3.8) is 0 Å². The van der Waals surface area contributed by atoms with Gasteiger partial charge in [-0.05, 0) is 24.7 Å². The van der Waals surface area contributed by atoms with Crippen molar-refractivity contribution in [2.24, 2.45) is 10.8 Å². The van der Waals surface area contributed by atoms with Gasteiger partial charge in [0, 0.05) is 6.54 Å². The third-order valence-electron chi connectivity index (χ3n) is 3.93. The SMILES string of the molecule is CCCCC(CC)(CC)C(=O)OC(=O)CNCC(C)(C)C. The molecule has 4 nitrogen and oxygen atoms in total. The molecule has 0 fully saturated rings. The lowest BCUT2D eigenvalue weighted by Crippen LogP contribution is -2.37. The number of hydrogen-bond acceptors (Lipinski definition) is 4. The smallest absolute Gasteiger partial charge is 0.327 e. The molecule has 1 N–H and O–H groups in total. The van der Waals surface area contributed by atoms with Crippen LogP contribution in [0.3, 0.4) is 0 Å². The Morgan fingerprint density at radius 1 is 1.05 bits per heavy atom. The van der Waals surface area contributed by atoms with Gasteiger partial charge >= 0.3 is 11.9 Å². The molecule has 0 aromatic heterocycles. The number of hydrogen-bond donors (Lipinski definition) is 1. The molecule has 0 saturated heterocycles. The van der Waals surface area contributed by atoms with Gasteiger partial charge in [0.15, 0.2) is 0 Å². The van der Waals surface area contributed by atoms with Crippen molar-refractivity contribution < 1.29 is 14.3 Å². The Morgan fingerprint density at radius 2 is 1.62 bits per heavy atom. The molecule has 0 saturated carbocycles. The van der Waals surface area contributed by atoms with Gasteiger partial charge in [-0.25, -0.2) is 0 Å². The first kappa shape index (κ1) is 20.1. The monoisotopic (exact) mass is 299 g/mol. The fourth-order valence-electron chi connectivity index (χ4n) is 2.30. The third kappa shape index (κ3) is 7.60. The maximum absolute atomic E-state index is 12.3. The standard InChI is InChI=1S/C17H33NO3/c1-7-10-11-17(8-2,9-3)15(20)21-14(19)12-18-13-16(4,5)6/h18H,7-13H2,1-6H3. The highest BCUT2D eigenvalue weighted by atomic mass is 16.6. The van der Waals surface area contributed by atoms with Crippen LogP contribution in [-0.4, -0.2) is 25.0 Å². The zero-order chi connectivity index (χ0) is 16.5. The van der Waals surface area contributed by atoms with Crippen molar-refractivity contribution in [1.29, 1.82) is 0 Å². The van der Waals surface area contributed by atoms with Gasteiger partial charge in [0.2, 0.25) is 0 Å². The number of ether oxygens (including phenoxy) is 1. The van der Waals surface area contributed by atoms with Crippen molar-refractivity contribution in [3.8, 4) is 0 Å². The molecule has 0 aliphatic carbocycles. The van der Waals surface area contributed by atoms with Crippen LogP contribution >= 0.6 is 0 Å². The zero-order valence-corrected chi connectivity index (χ0v) is 14.7. The minimum Gasteiger partial charge on any atom is -0.392 e. The third-order valence-corrected chi connectivity index (χ3v) is 3.93. The topological polar surface area (TPSA) is 55.4 Å². The second-order valence-corrected chi connectivity index (χ2v) is 7.02. The molecule has 4 heteroatoms. The fraction of sp³-hybridized carbons (Fsp3) is 0.882. The Bertz CT molecular complexity index is 327. The van der Waals surface area contributed by atoms with E-state index in [1.54, 1.807) is 0 Å². The van der Waals surface area contributed by atoms with E-state index in [4.69, 9.17) is 4.74 Å². The van der Waals surface area contributed by atoms with Crippen molar-refractivity contribution in [1.82, 2.24) is 5.32 Å². The molecule has 0 atom stereocenters. The number of esters is 2. The highest BCUT2D eigenvalue weighted by Gasteiger charge is 2.37. The molecule has 0 heterocycles. The Labute approximate surface area is 130 Å². The molecular weight excluding hydrogens is 266 g/mol. The molecule has 0 radical (unpaired) electrons. The largest absolute Gasteiger partial charge is 0.392 e. The summed E-state index contributed by atoms with van der Waals surface area (Å²) in [5.74, 6) is -0.837. The van der Waals surface area contributed by atoms with Gasteiger partial charge in [-0.1, -0.05) is 54.4 Å². The second-order valence-electron chi connectivity index (χ2n) is 7.02. The molecule has 0 bridgehead atoms. The predicted molar refractivity (Wildman–Crippen MR) is 86.0 cm³/mol.